The van der Waals surface area contributed by atoms with Crippen molar-refractivity contribution >= 4 is 89.5 Å². The van der Waals surface area contributed by atoms with Gasteiger partial charge in [-0.05, 0) is 37.4 Å². The molecule has 2 aromatic rings. The molecule has 1 aromatic carbocycles. The molecule has 0 saturated heterocycles. The molecule has 35 heavy (non-hydrogen) atoms. The lowest BCUT2D eigenvalue weighted by Gasteiger charge is -2.16. The van der Waals surface area contributed by atoms with Crippen molar-refractivity contribution in [3.8, 4) is 0 Å². The van der Waals surface area contributed by atoms with Crippen LogP contribution in [0.4, 0.5) is 0 Å². The Morgan fingerprint density at radius 1 is 0.771 bits per heavy atom. The summed E-state index contributed by atoms with van der Waals surface area (Å²) in [4.78, 5) is 11.6. The van der Waals surface area contributed by atoms with E-state index in [4.69, 9.17) is 4.99 Å². The van der Waals surface area contributed by atoms with Gasteiger partial charge in [-0.1, -0.05) is 85.7 Å². The van der Waals surface area contributed by atoms with Gasteiger partial charge in [0.05, 0.1) is 30.3 Å². The minimum absolute atomic E-state index is 0.440. The molecule has 0 spiro atoms. The van der Waals surface area contributed by atoms with Crippen LogP contribution in [0.3, 0.4) is 0 Å². The molecule has 190 valence electrons. The zero-order valence-corrected chi connectivity index (χ0v) is 28.0. The highest BCUT2D eigenvalue weighted by Crippen LogP contribution is 2.50. The molecule has 0 bridgehead atoms. The smallest absolute Gasteiger partial charge is 0.112 e. The van der Waals surface area contributed by atoms with Gasteiger partial charge < -0.3 is 4.98 Å². The largest absolute Gasteiger partial charge is 0.348 e. The molecular weight excluding hydrogens is 640 g/mol. The zero-order chi connectivity index (χ0) is 25.9. The predicted molar refractivity (Wildman–Crippen MR) is 172 cm³/mol. The highest BCUT2D eigenvalue weighted by atomic mass is 79.9. The quantitative estimate of drug-likeness (QED) is 0.268. The number of nitrogens with one attached hydrogen (secondary N) is 1. The van der Waals surface area contributed by atoms with Crippen molar-refractivity contribution in [3.63, 3.8) is 0 Å². The van der Waals surface area contributed by atoms with Crippen LogP contribution in [0, 0.1) is 0 Å². The number of aliphatic imine (C=N–C) groups is 1. The lowest BCUT2D eigenvalue weighted by Crippen LogP contribution is -1.99. The second kappa shape index (κ2) is 13.2. The fourth-order valence-electron chi connectivity index (χ4n) is 3.50. The van der Waals surface area contributed by atoms with Crippen LogP contribution in [0.2, 0.25) is 0 Å². The molecule has 8 heteroatoms. The summed E-state index contributed by atoms with van der Waals surface area (Å²) in [5, 5.41) is 4.05. The molecule has 3 rings (SSSR count). The third kappa shape index (κ3) is 7.53. The van der Waals surface area contributed by atoms with Crippen LogP contribution in [-0.2, 0) is 0 Å². The maximum atomic E-state index is 5.28. The van der Waals surface area contributed by atoms with Gasteiger partial charge >= 0.3 is 0 Å². The topological polar surface area (TPSA) is 28.1 Å². The molecule has 0 radical (unpaired) electrons. The second-order valence-electron chi connectivity index (χ2n) is 9.29. The lowest BCUT2D eigenvalue weighted by atomic mass is 10.0. The van der Waals surface area contributed by atoms with E-state index >= 15 is 0 Å². The lowest BCUT2D eigenvalue weighted by molar-refractivity contribution is 1.08. The number of benzene rings is 1. The average Bonchev–Trinajstić information content (AvgIpc) is 3.20. The van der Waals surface area contributed by atoms with E-state index < -0.39 is 0 Å². The number of nitrogens with zero attached hydrogens (tertiary/aromatic N) is 1. The highest BCUT2D eigenvalue weighted by Gasteiger charge is 2.31. The van der Waals surface area contributed by atoms with Crippen molar-refractivity contribution in [2.75, 3.05) is 0 Å². The molecule has 1 aliphatic heterocycles. The van der Waals surface area contributed by atoms with Gasteiger partial charge in [0.25, 0.3) is 0 Å². The number of hydrogen-bond donors (Lipinski definition) is 1. The first-order valence-corrected chi connectivity index (χ1v) is 17.0. The summed E-state index contributed by atoms with van der Waals surface area (Å²) in [6, 6.07) is 10.7. The number of rotatable bonds is 9. The van der Waals surface area contributed by atoms with E-state index in [9.17, 15) is 0 Å². The van der Waals surface area contributed by atoms with Gasteiger partial charge in [-0.25, -0.2) is 4.99 Å². The molecule has 2 nitrogen and oxygen atoms in total. The first kappa shape index (κ1) is 29.6. The number of aromatic amines is 1. The third-order valence-corrected chi connectivity index (χ3v) is 11.5. The van der Waals surface area contributed by atoms with Crippen LogP contribution in [0.25, 0.3) is 5.57 Å². The summed E-state index contributed by atoms with van der Waals surface area (Å²) in [7, 11) is 0. The summed E-state index contributed by atoms with van der Waals surface area (Å²) in [5.41, 5.74) is 4.51. The van der Waals surface area contributed by atoms with Crippen LogP contribution < -0.4 is 0 Å². The molecule has 1 N–H and O–H groups in total. The minimum Gasteiger partial charge on any atom is -0.348 e. The molecule has 1 aromatic heterocycles. The molecule has 2 heterocycles. The molecule has 0 unspecified atom stereocenters. The van der Waals surface area contributed by atoms with E-state index in [1.807, 2.05) is 47.0 Å². The Morgan fingerprint density at radius 3 is 1.89 bits per heavy atom. The Morgan fingerprint density at radius 2 is 1.34 bits per heavy atom. The number of hydrogen-bond acceptors (Lipinski definition) is 5. The van der Waals surface area contributed by atoms with Gasteiger partial charge in [0.15, 0.2) is 0 Å². The molecular formula is C27H34Br2N2S4. The first-order chi connectivity index (χ1) is 16.5. The summed E-state index contributed by atoms with van der Waals surface area (Å²) in [6.45, 7) is 17.9. The molecule has 0 amide bonds. The molecule has 1 aliphatic rings. The van der Waals surface area contributed by atoms with Crippen molar-refractivity contribution in [3.05, 3.63) is 61.1 Å². The van der Waals surface area contributed by atoms with Crippen LogP contribution in [0.5, 0.6) is 0 Å². The van der Waals surface area contributed by atoms with Crippen molar-refractivity contribution in [2.45, 2.75) is 86.3 Å². The van der Waals surface area contributed by atoms with E-state index in [0.717, 1.165) is 31.0 Å². The Balaban J connectivity index is 2.38. The summed E-state index contributed by atoms with van der Waals surface area (Å²) >= 11 is 15.3. The minimum atomic E-state index is 0.440. The van der Waals surface area contributed by atoms with Crippen LogP contribution in [0.1, 0.15) is 66.6 Å². The van der Waals surface area contributed by atoms with Crippen molar-refractivity contribution in [1.82, 2.24) is 4.98 Å². The van der Waals surface area contributed by atoms with E-state index in [1.54, 1.807) is 0 Å². The average molecular weight is 675 g/mol. The summed E-state index contributed by atoms with van der Waals surface area (Å²) in [5.74, 6) is 0. The van der Waals surface area contributed by atoms with Crippen LogP contribution in [-0.4, -0.2) is 31.0 Å². The third-order valence-electron chi connectivity index (χ3n) is 4.64. The Kier molecular flexibility index (Phi) is 11.1. The van der Waals surface area contributed by atoms with Gasteiger partial charge in [-0.15, -0.1) is 47.0 Å². The standard InChI is InChI=1S/C27H34Br2N2S4/c1-14(2)32-24-20(28)26(34-16(5)6)30-22(24)19(18-12-10-9-11-13-18)23-25(33-15(3)4)21(29)27(31-23)35-17(7)8/h9-17,30H,1-8H3/b23-19-. The first-order valence-electron chi connectivity index (χ1n) is 11.9. The number of aromatic nitrogens is 1. The molecule has 0 atom stereocenters. The van der Waals surface area contributed by atoms with E-state index in [0.29, 0.717) is 21.0 Å². The van der Waals surface area contributed by atoms with E-state index in [2.05, 4.69) is 123 Å². The normalized spacial score (nSPS) is 15.9. The number of halogens is 2. The second-order valence-corrected chi connectivity index (χ2v) is 17.2. The zero-order valence-electron chi connectivity index (χ0n) is 21.5. The maximum Gasteiger partial charge on any atom is 0.112 e. The van der Waals surface area contributed by atoms with E-state index in [1.165, 1.54) is 20.4 Å². The predicted octanol–water partition coefficient (Wildman–Crippen LogP) is 10.8. The van der Waals surface area contributed by atoms with Gasteiger partial charge in [0, 0.05) is 31.5 Å². The van der Waals surface area contributed by atoms with Gasteiger partial charge in [-0.3, -0.25) is 0 Å². The van der Waals surface area contributed by atoms with Crippen LogP contribution in [0.15, 0.2) is 64.8 Å². The maximum absolute atomic E-state index is 5.28. The molecule has 0 saturated carbocycles. The van der Waals surface area contributed by atoms with Crippen LogP contribution >= 0.6 is 78.9 Å². The molecule has 0 aliphatic carbocycles. The SMILES string of the molecule is CC(C)SC1=N/C(=C(/c2ccccc2)c2[nH]c(SC(C)C)c(Br)c2SC(C)C)C(SC(C)C)=C1Br. The Hall–Kier alpha value is 0.0100. The Bertz CT molecular complexity index is 1130. The number of thioether (sulfide) groups is 4. The molecule has 0 fully saturated rings. The van der Waals surface area contributed by atoms with Crippen molar-refractivity contribution in [1.29, 1.82) is 0 Å². The number of H-pyrrole nitrogens is 1. The van der Waals surface area contributed by atoms with Gasteiger partial charge in [-0.2, -0.15) is 0 Å². The van der Waals surface area contributed by atoms with Gasteiger partial charge in [0.1, 0.15) is 5.04 Å². The highest BCUT2D eigenvalue weighted by molar-refractivity contribution is 9.12. The summed E-state index contributed by atoms with van der Waals surface area (Å²) in [6.07, 6.45) is 0. The fraction of sp³-hybridized carbons (Fsp3) is 0.444. The fourth-order valence-corrected chi connectivity index (χ4v) is 8.84. The van der Waals surface area contributed by atoms with Gasteiger partial charge in [0.2, 0.25) is 0 Å². The monoisotopic (exact) mass is 672 g/mol. The summed E-state index contributed by atoms with van der Waals surface area (Å²) < 4.78 is 2.26. The Labute approximate surface area is 245 Å². The van der Waals surface area contributed by atoms with E-state index in [-0.39, 0.29) is 0 Å². The van der Waals surface area contributed by atoms with Crippen molar-refractivity contribution < 1.29 is 0 Å². The van der Waals surface area contributed by atoms with Crippen molar-refractivity contribution in [2.24, 2.45) is 4.99 Å².